The van der Waals surface area contributed by atoms with Gasteiger partial charge >= 0.3 is 0 Å². The number of hydrogen-bond acceptors (Lipinski definition) is 3. The monoisotopic (exact) mass is 286 g/mol. The molecule has 0 atom stereocenters. The highest BCUT2D eigenvalue weighted by molar-refractivity contribution is 5.94. The smallest absolute Gasteiger partial charge is 0.257 e. The van der Waals surface area contributed by atoms with Gasteiger partial charge in [0.1, 0.15) is 0 Å². The van der Waals surface area contributed by atoms with Crippen LogP contribution in [0.2, 0.25) is 0 Å². The van der Waals surface area contributed by atoms with E-state index in [0.717, 1.165) is 12.1 Å². The zero-order chi connectivity index (χ0) is 15.2. The van der Waals surface area contributed by atoms with Gasteiger partial charge in [0, 0.05) is 18.8 Å². The van der Waals surface area contributed by atoms with Gasteiger partial charge < -0.3 is 10.6 Å². The minimum atomic E-state index is 0.000584. The molecule has 1 heterocycles. The van der Waals surface area contributed by atoms with Crippen molar-refractivity contribution in [2.24, 2.45) is 5.73 Å². The van der Waals surface area contributed by atoms with Crippen LogP contribution >= 0.6 is 0 Å². The Balaban J connectivity index is 2.17. The maximum Gasteiger partial charge on any atom is 0.257 e. The zero-order valence-electron chi connectivity index (χ0n) is 12.6. The fraction of sp³-hybridized carbons (Fsp3) is 0.375. The van der Waals surface area contributed by atoms with Crippen molar-refractivity contribution in [1.82, 2.24) is 14.7 Å². The molecular formula is C16H22N4O. The molecule has 0 unspecified atom stereocenters. The molecule has 0 saturated heterocycles. The molecule has 1 aromatic carbocycles. The van der Waals surface area contributed by atoms with E-state index in [1.165, 1.54) is 0 Å². The predicted octanol–water partition coefficient (Wildman–Crippen LogP) is 2.07. The Morgan fingerprint density at radius 2 is 2.05 bits per heavy atom. The van der Waals surface area contributed by atoms with Crippen molar-refractivity contribution in [3.63, 3.8) is 0 Å². The van der Waals surface area contributed by atoms with E-state index in [1.807, 2.05) is 49.1 Å². The van der Waals surface area contributed by atoms with Crippen LogP contribution in [0.1, 0.15) is 30.6 Å². The van der Waals surface area contributed by atoms with Gasteiger partial charge in [0.05, 0.1) is 17.4 Å². The molecule has 0 fully saturated rings. The summed E-state index contributed by atoms with van der Waals surface area (Å²) in [6, 6.07) is 9.89. The normalized spacial score (nSPS) is 10.9. The first-order valence-electron chi connectivity index (χ1n) is 7.24. The Kier molecular flexibility index (Phi) is 5.11. The molecule has 5 nitrogen and oxygen atoms in total. The molecule has 0 bridgehead atoms. The number of carbonyl (C=O) groups excluding carboxylic acids is 1. The van der Waals surface area contributed by atoms with Gasteiger partial charge in [-0.25, -0.2) is 4.68 Å². The van der Waals surface area contributed by atoms with E-state index in [9.17, 15) is 4.79 Å². The molecule has 1 amide bonds. The lowest BCUT2D eigenvalue weighted by atomic mass is 10.2. The van der Waals surface area contributed by atoms with E-state index in [4.69, 9.17) is 5.73 Å². The highest BCUT2D eigenvalue weighted by Gasteiger charge is 2.19. The van der Waals surface area contributed by atoms with Crippen molar-refractivity contribution >= 4 is 5.91 Å². The van der Waals surface area contributed by atoms with Gasteiger partial charge in [-0.2, -0.15) is 5.10 Å². The number of rotatable bonds is 6. The molecule has 2 aromatic rings. The van der Waals surface area contributed by atoms with Gasteiger partial charge in [0.25, 0.3) is 5.91 Å². The minimum absolute atomic E-state index is 0.000584. The van der Waals surface area contributed by atoms with E-state index in [1.54, 1.807) is 17.1 Å². The summed E-state index contributed by atoms with van der Waals surface area (Å²) in [6.45, 7) is 5.27. The first-order chi connectivity index (χ1) is 10.1. The fourth-order valence-corrected chi connectivity index (χ4v) is 2.18. The summed E-state index contributed by atoms with van der Waals surface area (Å²) >= 11 is 0. The van der Waals surface area contributed by atoms with Gasteiger partial charge in [-0.3, -0.25) is 4.79 Å². The number of amides is 1. The highest BCUT2D eigenvalue weighted by Crippen LogP contribution is 2.12. The SMILES string of the molecule is CC(C)N(CCCN)C(=O)c1cnn(-c2ccccc2)c1. The third-order valence-electron chi connectivity index (χ3n) is 3.34. The fourth-order valence-electron chi connectivity index (χ4n) is 2.18. The summed E-state index contributed by atoms with van der Waals surface area (Å²) in [5.41, 5.74) is 7.08. The lowest BCUT2D eigenvalue weighted by Gasteiger charge is -2.26. The molecule has 5 heteroatoms. The Labute approximate surface area is 125 Å². The van der Waals surface area contributed by atoms with Crippen LogP contribution in [0.4, 0.5) is 0 Å². The second kappa shape index (κ2) is 7.04. The zero-order valence-corrected chi connectivity index (χ0v) is 12.6. The number of carbonyl (C=O) groups is 1. The van der Waals surface area contributed by atoms with E-state index in [0.29, 0.717) is 18.7 Å². The maximum absolute atomic E-state index is 12.6. The second-order valence-corrected chi connectivity index (χ2v) is 5.24. The maximum atomic E-state index is 12.6. The Bertz CT molecular complexity index is 577. The quantitative estimate of drug-likeness (QED) is 0.884. The summed E-state index contributed by atoms with van der Waals surface area (Å²) < 4.78 is 1.72. The molecule has 2 rings (SSSR count). The highest BCUT2D eigenvalue weighted by atomic mass is 16.2. The van der Waals surface area contributed by atoms with Gasteiger partial charge in [-0.1, -0.05) is 18.2 Å². The summed E-state index contributed by atoms with van der Waals surface area (Å²) in [5.74, 6) is 0.000584. The Morgan fingerprint density at radius 1 is 1.33 bits per heavy atom. The molecule has 0 spiro atoms. The van der Waals surface area contributed by atoms with Gasteiger partial charge in [0.2, 0.25) is 0 Å². The first-order valence-corrected chi connectivity index (χ1v) is 7.24. The van der Waals surface area contributed by atoms with Crippen LogP contribution in [0.3, 0.4) is 0 Å². The van der Waals surface area contributed by atoms with Crippen molar-refractivity contribution in [2.45, 2.75) is 26.3 Å². The van der Waals surface area contributed by atoms with Crippen LogP contribution in [-0.4, -0.2) is 39.7 Å². The molecule has 0 aliphatic rings. The first kappa shape index (κ1) is 15.3. The molecular weight excluding hydrogens is 264 g/mol. The number of aromatic nitrogens is 2. The molecule has 112 valence electrons. The summed E-state index contributed by atoms with van der Waals surface area (Å²) in [6.07, 6.45) is 4.19. The summed E-state index contributed by atoms with van der Waals surface area (Å²) in [7, 11) is 0. The predicted molar refractivity (Wildman–Crippen MR) is 83.4 cm³/mol. The molecule has 2 N–H and O–H groups in total. The van der Waals surface area contributed by atoms with Crippen molar-refractivity contribution in [1.29, 1.82) is 0 Å². The van der Waals surface area contributed by atoms with Crippen LogP contribution in [0.5, 0.6) is 0 Å². The Hall–Kier alpha value is -2.14. The Morgan fingerprint density at radius 3 is 2.67 bits per heavy atom. The molecule has 1 aromatic heterocycles. The summed E-state index contributed by atoms with van der Waals surface area (Å²) in [5, 5.41) is 4.27. The average molecular weight is 286 g/mol. The number of benzene rings is 1. The topological polar surface area (TPSA) is 64.2 Å². The third-order valence-corrected chi connectivity index (χ3v) is 3.34. The second-order valence-electron chi connectivity index (χ2n) is 5.24. The largest absolute Gasteiger partial charge is 0.336 e. The third kappa shape index (κ3) is 3.70. The number of nitrogens with two attached hydrogens (primary N) is 1. The lowest BCUT2D eigenvalue weighted by Crippen LogP contribution is -2.38. The van der Waals surface area contributed by atoms with Gasteiger partial charge in [-0.15, -0.1) is 0 Å². The number of nitrogens with zero attached hydrogens (tertiary/aromatic N) is 3. The number of hydrogen-bond donors (Lipinski definition) is 1. The molecule has 21 heavy (non-hydrogen) atoms. The molecule has 0 radical (unpaired) electrons. The summed E-state index contributed by atoms with van der Waals surface area (Å²) in [4.78, 5) is 14.4. The van der Waals surface area contributed by atoms with Crippen molar-refractivity contribution in [3.8, 4) is 5.69 Å². The van der Waals surface area contributed by atoms with Crippen molar-refractivity contribution in [3.05, 3.63) is 48.3 Å². The van der Waals surface area contributed by atoms with Crippen LogP contribution < -0.4 is 5.73 Å². The van der Waals surface area contributed by atoms with Gasteiger partial charge in [0.15, 0.2) is 0 Å². The van der Waals surface area contributed by atoms with E-state index < -0.39 is 0 Å². The number of para-hydroxylation sites is 1. The molecule has 0 saturated carbocycles. The molecule has 0 aliphatic carbocycles. The average Bonchev–Trinajstić information content (AvgIpc) is 2.98. The standard InChI is InChI=1S/C16H22N4O/c1-13(2)19(10-6-9-17)16(21)14-11-18-20(12-14)15-7-4-3-5-8-15/h3-5,7-8,11-13H,6,9-10,17H2,1-2H3. The van der Waals surface area contributed by atoms with Crippen molar-refractivity contribution in [2.75, 3.05) is 13.1 Å². The van der Waals surface area contributed by atoms with E-state index in [2.05, 4.69) is 5.10 Å². The van der Waals surface area contributed by atoms with Crippen LogP contribution in [0, 0.1) is 0 Å². The van der Waals surface area contributed by atoms with E-state index in [-0.39, 0.29) is 11.9 Å². The van der Waals surface area contributed by atoms with Crippen molar-refractivity contribution < 1.29 is 4.79 Å². The van der Waals surface area contributed by atoms with Crippen LogP contribution in [0.15, 0.2) is 42.7 Å². The molecule has 0 aliphatic heterocycles. The van der Waals surface area contributed by atoms with Crippen LogP contribution in [0.25, 0.3) is 5.69 Å². The van der Waals surface area contributed by atoms with Crippen LogP contribution in [-0.2, 0) is 0 Å². The van der Waals surface area contributed by atoms with E-state index >= 15 is 0 Å². The lowest BCUT2D eigenvalue weighted by molar-refractivity contribution is 0.0705. The van der Waals surface area contributed by atoms with Gasteiger partial charge in [-0.05, 0) is 38.9 Å². The minimum Gasteiger partial charge on any atom is -0.336 e.